The van der Waals surface area contributed by atoms with Gasteiger partial charge < -0.3 is 15.4 Å². The number of benzene rings is 1. The summed E-state index contributed by atoms with van der Waals surface area (Å²) in [4.78, 5) is 12.3. The number of hydrogen-bond acceptors (Lipinski definition) is 3. The second kappa shape index (κ2) is 6.70. The largest absolute Gasteiger partial charge is 0.494 e. The van der Waals surface area contributed by atoms with E-state index >= 15 is 0 Å². The van der Waals surface area contributed by atoms with Crippen LogP contribution in [0.2, 0.25) is 0 Å². The average molecular weight is 280 g/mol. The highest BCUT2D eigenvalue weighted by molar-refractivity contribution is 5.96. The minimum absolute atomic E-state index is 0.0898. The highest BCUT2D eigenvalue weighted by Crippen LogP contribution is 2.26. The summed E-state index contributed by atoms with van der Waals surface area (Å²) >= 11 is 0. The van der Waals surface area contributed by atoms with Crippen molar-refractivity contribution in [1.82, 2.24) is 5.32 Å². The van der Waals surface area contributed by atoms with Gasteiger partial charge in [0, 0.05) is 6.07 Å². The summed E-state index contributed by atoms with van der Waals surface area (Å²) in [7, 11) is 1.45. The first kappa shape index (κ1) is 14.8. The molecule has 0 saturated carbocycles. The number of ether oxygens (including phenoxy) is 1. The molecule has 0 radical (unpaired) electrons. The zero-order valence-electron chi connectivity index (χ0n) is 11.9. The summed E-state index contributed by atoms with van der Waals surface area (Å²) in [6.07, 6.45) is 3.04. The topological polar surface area (TPSA) is 50.4 Å². The predicted octanol–water partition coefficient (Wildman–Crippen LogP) is 2.55. The molecule has 1 saturated heterocycles. The average Bonchev–Trinajstić information content (AvgIpc) is 2.49. The number of halogens is 1. The molecule has 1 fully saturated rings. The van der Waals surface area contributed by atoms with Crippen LogP contribution in [0, 0.1) is 11.7 Å². The van der Waals surface area contributed by atoms with E-state index in [9.17, 15) is 9.18 Å². The van der Waals surface area contributed by atoms with Crippen LogP contribution in [0.3, 0.4) is 0 Å². The molecule has 1 aliphatic rings. The predicted molar refractivity (Wildman–Crippen MR) is 76.4 cm³/mol. The van der Waals surface area contributed by atoms with Crippen LogP contribution in [0.15, 0.2) is 18.2 Å². The molecule has 1 amide bonds. The quantitative estimate of drug-likeness (QED) is 0.891. The summed E-state index contributed by atoms with van der Waals surface area (Å²) in [5, 5.41) is 6.04. The summed E-state index contributed by atoms with van der Waals surface area (Å²) in [5.74, 6) is 0.443. The number of carbonyl (C=O) groups is 1. The molecular weight excluding hydrogens is 259 g/mol. The van der Waals surface area contributed by atoms with Crippen molar-refractivity contribution in [3.8, 4) is 5.75 Å². The van der Waals surface area contributed by atoms with E-state index in [1.54, 1.807) is 0 Å². The molecule has 1 aliphatic heterocycles. The van der Waals surface area contributed by atoms with Gasteiger partial charge in [-0.2, -0.15) is 0 Å². The third kappa shape index (κ3) is 3.48. The van der Waals surface area contributed by atoms with Gasteiger partial charge in [0.2, 0.25) is 5.91 Å². The first-order chi connectivity index (χ1) is 9.63. The van der Waals surface area contributed by atoms with Crippen molar-refractivity contribution in [2.24, 2.45) is 5.92 Å². The second-order valence-corrected chi connectivity index (χ2v) is 5.14. The molecule has 1 aromatic rings. The molecule has 2 unspecified atom stereocenters. The molecule has 2 atom stereocenters. The Labute approximate surface area is 118 Å². The Bertz CT molecular complexity index is 479. The van der Waals surface area contributed by atoms with Crippen LogP contribution >= 0.6 is 0 Å². The van der Waals surface area contributed by atoms with Gasteiger partial charge in [0.1, 0.15) is 11.6 Å². The lowest BCUT2D eigenvalue weighted by atomic mass is 9.90. The fourth-order valence-corrected chi connectivity index (χ4v) is 2.55. The lowest BCUT2D eigenvalue weighted by molar-refractivity contribution is -0.119. The zero-order chi connectivity index (χ0) is 14.5. The molecular formula is C15H21FN2O2. The Morgan fingerprint density at radius 3 is 3.05 bits per heavy atom. The first-order valence-electron chi connectivity index (χ1n) is 7.01. The number of hydrogen-bond donors (Lipinski definition) is 2. The molecule has 2 rings (SSSR count). The lowest BCUT2D eigenvalue weighted by Gasteiger charge is -2.29. The molecule has 20 heavy (non-hydrogen) atoms. The van der Waals surface area contributed by atoms with Crippen molar-refractivity contribution in [3.63, 3.8) is 0 Å². The van der Waals surface area contributed by atoms with Crippen molar-refractivity contribution in [1.29, 1.82) is 0 Å². The molecule has 0 aliphatic carbocycles. The van der Waals surface area contributed by atoms with Crippen LogP contribution in [-0.4, -0.2) is 25.6 Å². The third-order valence-electron chi connectivity index (χ3n) is 3.83. The normalized spacial score (nSPS) is 22.4. The summed E-state index contributed by atoms with van der Waals surface area (Å²) in [6.45, 7) is 3.01. The van der Waals surface area contributed by atoms with E-state index in [0.29, 0.717) is 17.4 Å². The van der Waals surface area contributed by atoms with E-state index < -0.39 is 0 Å². The van der Waals surface area contributed by atoms with Gasteiger partial charge in [-0.05, 0) is 37.4 Å². The van der Waals surface area contributed by atoms with Crippen molar-refractivity contribution < 1.29 is 13.9 Å². The molecule has 2 N–H and O–H groups in total. The minimum atomic E-state index is -0.387. The smallest absolute Gasteiger partial charge is 0.241 e. The molecule has 1 heterocycles. The van der Waals surface area contributed by atoms with E-state index in [1.807, 2.05) is 0 Å². The Balaban J connectivity index is 2.04. The number of rotatable bonds is 4. The third-order valence-corrected chi connectivity index (χ3v) is 3.83. The Morgan fingerprint density at radius 2 is 2.35 bits per heavy atom. The number of piperidine rings is 1. The molecule has 0 spiro atoms. The molecule has 0 aromatic heterocycles. The van der Waals surface area contributed by atoms with Gasteiger partial charge in [0.05, 0.1) is 18.8 Å². The van der Waals surface area contributed by atoms with Crippen LogP contribution in [0.25, 0.3) is 0 Å². The van der Waals surface area contributed by atoms with Gasteiger partial charge >= 0.3 is 0 Å². The highest BCUT2D eigenvalue weighted by Gasteiger charge is 2.26. The summed E-state index contributed by atoms with van der Waals surface area (Å²) < 4.78 is 18.2. The van der Waals surface area contributed by atoms with Gasteiger partial charge in [-0.25, -0.2) is 4.39 Å². The molecule has 1 aromatic carbocycles. The minimum Gasteiger partial charge on any atom is -0.494 e. The molecule has 110 valence electrons. The monoisotopic (exact) mass is 280 g/mol. The van der Waals surface area contributed by atoms with Crippen LogP contribution < -0.4 is 15.4 Å². The molecule has 4 nitrogen and oxygen atoms in total. The zero-order valence-corrected chi connectivity index (χ0v) is 11.9. The number of carbonyl (C=O) groups excluding carboxylic acids is 1. The van der Waals surface area contributed by atoms with E-state index in [4.69, 9.17) is 4.74 Å². The number of anilines is 1. The van der Waals surface area contributed by atoms with Gasteiger partial charge in [0.25, 0.3) is 0 Å². The highest BCUT2D eigenvalue weighted by atomic mass is 19.1. The maximum atomic E-state index is 13.1. The Kier molecular flexibility index (Phi) is 4.95. The van der Waals surface area contributed by atoms with Crippen LogP contribution in [0.1, 0.15) is 26.2 Å². The van der Waals surface area contributed by atoms with E-state index in [0.717, 1.165) is 25.8 Å². The van der Waals surface area contributed by atoms with Crippen LogP contribution in [-0.2, 0) is 4.79 Å². The van der Waals surface area contributed by atoms with E-state index in [2.05, 4.69) is 17.6 Å². The molecule has 5 heteroatoms. The SMILES string of the molecule is CCC1CCNC(C(=O)Nc2ccc(F)cc2OC)C1. The number of methoxy groups -OCH3 is 1. The van der Waals surface area contributed by atoms with E-state index in [-0.39, 0.29) is 17.8 Å². The van der Waals surface area contributed by atoms with Crippen LogP contribution in [0.4, 0.5) is 10.1 Å². The molecule has 0 bridgehead atoms. The van der Waals surface area contributed by atoms with Gasteiger partial charge in [-0.15, -0.1) is 0 Å². The maximum Gasteiger partial charge on any atom is 0.241 e. The fourth-order valence-electron chi connectivity index (χ4n) is 2.55. The Hall–Kier alpha value is -1.62. The first-order valence-corrected chi connectivity index (χ1v) is 7.01. The number of amides is 1. The van der Waals surface area contributed by atoms with Gasteiger partial charge in [-0.3, -0.25) is 4.79 Å². The lowest BCUT2D eigenvalue weighted by Crippen LogP contribution is -2.46. The summed E-state index contributed by atoms with van der Waals surface area (Å²) in [6, 6.07) is 3.90. The van der Waals surface area contributed by atoms with Crippen LogP contribution in [0.5, 0.6) is 5.75 Å². The fraction of sp³-hybridized carbons (Fsp3) is 0.533. The maximum absolute atomic E-state index is 13.1. The van der Waals surface area contributed by atoms with Gasteiger partial charge in [-0.1, -0.05) is 13.3 Å². The van der Waals surface area contributed by atoms with Crippen molar-refractivity contribution in [2.45, 2.75) is 32.2 Å². The number of nitrogens with one attached hydrogen (secondary N) is 2. The van der Waals surface area contributed by atoms with Crippen molar-refractivity contribution in [2.75, 3.05) is 19.0 Å². The van der Waals surface area contributed by atoms with E-state index in [1.165, 1.54) is 25.3 Å². The Morgan fingerprint density at radius 1 is 1.55 bits per heavy atom. The van der Waals surface area contributed by atoms with Gasteiger partial charge in [0.15, 0.2) is 0 Å². The second-order valence-electron chi connectivity index (χ2n) is 5.14. The summed E-state index contributed by atoms with van der Waals surface area (Å²) in [5.41, 5.74) is 0.499. The standard InChI is InChI=1S/C15H21FN2O2/c1-3-10-6-7-17-13(8-10)15(19)18-12-5-4-11(16)9-14(12)20-2/h4-5,9-10,13,17H,3,6-8H2,1-2H3,(H,18,19). The van der Waals surface area contributed by atoms with Crippen molar-refractivity contribution >= 4 is 11.6 Å². The van der Waals surface area contributed by atoms with Crippen molar-refractivity contribution in [3.05, 3.63) is 24.0 Å².